The lowest BCUT2D eigenvalue weighted by molar-refractivity contribution is 0.258. The topological polar surface area (TPSA) is 32.5 Å². The minimum Gasteiger partial charge on any atom is -0.369 e. The van der Waals surface area contributed by atoms with Gasteiger partial charge in [-0.3, -0.25) is 4.90 Å². The standard InChI is InChI=1S/C16H27N3/c1-3-9-18-10-12-19(13-11-18)16-8-6-5-7-14(16)15(17)4-2/h5-8,15H,3-4,9-13,17H2,1-2H3/t15-/m1/s1. The van der Waals surface area contributed by atoms with Crippen molar-refractivity contribution in [1.82, 2.24) is 4.90 Å². The first-order chi connectivity index (χ1) is 9.26. The molecule has 0 aromatic heterocycles. The molecule has 0 unspecified atom stereocenters. The minimum absolute atomic E-state index is 0.157. The number of rotatable bonds is 5. The number of benzene rings is 1. The van der Waals surface area contributed by atoms with Gasteiger partial charge in [0.2, 0.25) is 0 Å². The predicted octanol–water partition coefficient (Wildman–Crippen LogP) is 2.63. The second-order valence-corrected chi connectivity index (χ2v) is 5.40. The molecule has 0 spiro atoms. The van der Waals surface area contributed by atoms with Gasteiger partial charge in [0, 0.05) is 37.9 Å². The van der Waals surface area contributed by atoms with E-state index in [2.05, 4.69) is 47.9 Å². The fourth-order valence-electron chi connectivity index (χ4n) is 2.84. The Morgan fingerprint density at radius 2 is 1.79 bits per heavy atom. The quantitative estimate of drug-likeness (QED) is 0.884. The Kier molecular flexibility index (Phi) is 5.23. The van der Waals surface area contributed by atoms with Crippen molar-refractivity contribution < 1.29 is 0 Å². The molecule has 3 nitrogen and oxygen atoms in total. The van der Waals surface area contributed by atoms with Crippen molar-refractivity contribution in [2.45, 2.75) is 32.7 Å². The maximum absolute atomic E-state index is 6.24. The summed E-state index contributed by atoms with van der Waals surface area (Å²) in [6.07, 6.45) is 2.24. The Morgan fingerprint density at radius 3 is 2.42 bits per heavy atom. The van der Waals surface area contributed by atoms with E-state index in [9.17, 15) is 0 Å². The van der Waals surface area contributed by atoms with Crippen LogP contribution in [0.5, 0.6) is 0 Å². The number of nitrogens with zero attached hydrogens (tertiary/aromatic N) is 2. The zero-order valence-corrected chi connectivity index (χ0v) is 12.3. The van der Waals surface area contributed by atoms with Crippen molar-refractivity contribution >= 4 is 5.69 Å². The summed E-state index contributed by atoms with van der Waals surface area (Å²) in [5, 5.41) is 0. The van der Waals surface area contributed by atoms with Crippen molar-refractivity contribution in [2.75, 3.05) is 37.6 Å². The highest BCUT2D eigenvalue weighted by Gasteiger charge is 2.19. The molecule has 2 N–H and O–H groups in total. The molecule has 1 saturated heterocycles. The van der Waals surface area contributed by atoms with Gasteiger partial charge in [0.15, 0.2) is 0 Å². The Morgan fingerprint density at radius 1 is 1.11 bits per heavy atom. The normalized spacial score (nSPS) is 18.6. The lowest BCUT2D eigenvalue weighted by Crippen LogP contribution is -2.47. The van der Waals surface area contributed by atoms with Crippen LogP contribution in [0.1, 0.15) is 38.3 Å². The Hall–Kier alpha value is -1.06. The summed E-state index contributed by atoms with van der Waals surface area (Å²) in [6.45, 7) is 10.2. The van der Waals surface area contributed by atoms with E-state index in [0.717, 1.165) is 19.5 Å². The molecule has 1 aliphatic rings. The summed E-state index contributed by atoms with van der Waals surface area (Å²) in [7, 11) is 0. The largest absolute Gasteiger partial charge is 0.369 e. The summed E-state index contributed by atoms with van der Waals surface area (Å²) in [5.74, 6) is 0. The predicted molar refractivity (Wildman–Crippen MR) is 82.6 cm³/mol. The third-order valence-corrected chi connectivity index (χ3v) is 4.03. The third-order valence-electron chi connectivity index (χ3n) is 4.03. The van der Waals surface area contributed by atoms with Gasteiger partial charge in [-0.1, -0.05) is 32.0 Å². The molecular weight excluding hydrogens is 234 g/mol. The molecule has 1 atom stereocenters. The molecule has 0 amide bonds. The van der Waals surface area contributed by atoms with E-state index < -0.39 is 0 Å². The SMILES string of the molecule is CCCN1CCN(c2ccccc2[C@H](N)CC)CC1. The highest BCUT2D eigenvalue weighted by molar-refractivity contribution is 5.55. The molecule has 2 rings (SSSR count). The Balaban J connectivity index is 2.07. The average Bonchev–Trinajstić information content (AvgIpc) is 2.47. The van der Waals surface area contributed by atoms with Gasteiger partial charge in [0.05, 0.1) is 0 Å². The van der Waals surface area contributed by atoms with Crippen LogP contribution in [0.25, 0.3) is 0 Å². The number of nitrogens with two attached hydrogens (primary N) is 1. The maximum Gasteiger partial charge on any atom is 0.0415 e. The Bertz CT molecular complexity index is 383. The van der Waals surface area contributed by atoms with E-state index in [0.29, 0.717) is 0 Å². The van der Waals surface area contributed by atoms with Crippen LogP contribution in [0.3, 0.4) is 0 Å². The number of piperazine rings is 1. The molecule has 106 valence electrons. The van der Waals surface area contributed by atoms with Gasteiger partial charge >= 0.3 is 0 Å². The minimum atomic E-state index is 0.157. The summed E-state index contributed by atoms with van der Waals surface area (Å²) < 4.78 is 0. The summed E-state index contributed by atoms with van der Waals surface area (Å²) in [6, 6.07) is 8.79. The van der Waals surface area contributed by atoms with Crippen LogP contribution in [0.2, 0.25) is 0 Å². The van der Waals surface area contributed by atoms with Crippen LogP contribution in [0.4, 0.5) is 5.69 Å². The van der Waals surface area contributed by atoms with E-state index in [1.807, 2.05) is 0 Å². The maximum atomic E-state index is 6.24. The Labute approximate surface area is 117 Å². The first-order valence-electron chi connectivity index (χ1n) is 7.58. The molecule has 1 heterocycles. The average molecular weight is 261 g/mol. The van der Waals surface area contributed by atoms with Gasteiger partial charge in [-0.2, -0.15) is 0 Å². The van der Waals surface area contributed by atoms with Crippen molar-refractivity contribution in [3.8, 4) is 0 Å². The number of hydrogen-bond donors (Lipinski definition) is 1. The molecular formula is C16H27N3. The zero-order chi connectivity index (χ0) is 13.7. The third kappa shape index (κ3) is 3.48. The molecule has 0 saturated carbocycles. The van der Waals surface area contributed by atoms with E-state index in [1.165, 1.54) is 37.3 Å². The van der Waals surface area contributed by atoms with Crippen LogP contribution in [-0.4, -0.2) is 37.6 Å². The smallest absolute Gasteiger partial charge is 0.0415 e. The number of hydrogen-bond acceptors (Lipinski definition) is 3. The van der Waals surface area contributed by atoms with Gasteiger partial charge in [-0.25, -0.2) is 0 Å². The van der Waals surface area contributed by atoms with E-state index in [-0.39, 0.29) is 6.04 Å². The van der Waals surface area contributed by atoms with Crippen molar-refractivity contribution in [2.24, 2.45) is 5.73 Å². The van der Waals surface area contributed by atoms with Gasteiger partial charge in [0.25, 0.3) is 0 Å². The molecule has 1 aliphatic heterocycles. The molecule has 1 aromatic carbocycles. The molecule has 19 heavy (non-hydrogen) atoms. The molecule has 0 radical (unpaired) electrons. The van der Waals surface area contributed by atoms with Gasteiger partial charge in [0.1, 0.15) is 0 Å². The molecule has 0 bridgehead atoms. The van der Waals surface area contributed by atoms with Gasteiger partial charge in [-0.05, 0) is 31.0 Å². The number of anilines is 1. The molecule has 0 aliphatic carbocycles. The van der Waals surface area contributed by atoms with Crippen LogP contribution in [0, 0.1) is 0 Å². The van der Waals surface area contributed by atoms with Crippen molar-refractivity contribution in [3.05, 3.63) is 29.8 Å². The molecule has 1 fully saturated rings. The fraction of sp³-hybridized carbons (Fsp3) is 0.625. The van der Waals surface area contributed by atoms with Gasteiger partial charge in [-0.15, -0.1) is 0 Å². The summed E-state index contributed by atoms with van der Waals surface area (Å²) in [5.41, 5.74) is 8.88. The molecule has 1 aromatic rings. The summed E-state index contributed by atoms with van der Waals surface area (Å²) >= 11 is 0. The lowest BCUT2D eigenvalue weighted by Gasteiger charge is -2.37. The van der Waals surface area contributed by atoms with E-state index in [1.54, 1.807) is 0 Å². The van der Waals surface area contributed by atoms with Gasteiger partial charge < -0.3 is 10.6 Å². The number of para-hydroxylation sites is 1. The van der Waals surface area contributed by atoms with Crippen LogP contribution >= 0.6 is 0 Å². The second kappa shape index (κ2) is 6.92. The summed E-state index contributed by atoms with van der Waals surface area (Å²) in [4.78, 5) is 5.05. The molecule has 3 heteroatoms. The van der Waals surface area contributed by atoms with Crippen LogP contribution in [0.15, 0.2) is 24.3 Å². The zero-order valence-electron chi connectivity index (χ0n) is 12.3. The monoisotopic (exact) mass is 261 g/mol. The van der Waals surface area contributed by atoms with Crippen molar-refractivity contribution in [1.29, 1.82) is 0 Å². The highest BCUT2D eigenvalue weighted by atomic mass is 15.3. The second-order valence-electron chi connectivity index (χ2n) is 5.40. The lowest BCUT2D eigenvalue weighted by atomic mass is 10.0. The highest BCUT2D eigenvalue weighted by Crippen LogP contribution is 2.27. The van der Waals surface area contributed by atoms with Crippen LogP contribution < -0.4 is 10.6 Å². The van der Waals surface area contributed by atoms with Crippen molar-refractivity contribution in [3.63, 3.8) is 0 Å². The van der Waals surface area contributed by atoms with E-state index >= 15 is 0 Å². The first-order valence-corrected chi connectivity index (χ1v) is 7.58. The first kappa shape index (κ1) is 14.4. The van der Waals surface area contributed by atoms with E-state index in [4.69, 9.17) is 5.73 Å². The van der Waals surface area contributed by atoms with Crippen LogP contribution in [-0.2, 0) is 0 Å². The fourth-order valence-corrected chi connectivity index (χ4v) is 2.84.